The van der Waals surface area contributed by atoms with Crippen molar-refractivity contribution in [2.24, 2.45) is 0 Å². The molecular weight excluding hydrogens is 190 g/mol. The predicted molar refractivity (Wildman–Crippen MR) is 56.4 cm³/mol. The fraction of sp³-hybridized carbons (Fsp3) is 0.636. The van der Waals surface area contributed by atoms with Crippen LogP contribution in [0.15, 0.2) is 10.6 Å². The van der Waals surface area contributed by atoms with Crippen molar-refractivity contribution in [3.63, 3.8) is 0 Å². The van der Waals surface area contributed by atoms with Crippen molar-refractivity contribution in [1.29, 1.82) is 0 Å². The molecule has 4 nitrogen and oxygen atoms in total. The lowest BCUT2D eigenvalue weighted by atomic mass is 10.1. The van der Waals surface area contributed by atoms with Crippen molar-refractivity contribution >= 4 is 5.57 Å². The Morgan fingerprint density at radius 2 is 2.33 bits per heavy atom. The van der Waals surface area contributed by atoms with Gasteiger partial charge in [0.15, 0.2) is 5.82 Å². The van der Waals surface area contributed by atoms with Crippen LogP contribution in [0.25, 0.3) is 5.57 Å². The molecule has 1 fully saturated rings. The molecule has 0 bridgehead atoms. The Morgan fingerprint density at radius 1 is 1.47 bits per heavy atom. The van der Waals surface area contributed by atoms with Gasteiger partial charge in [0, 0.05) is 24.6 Å². The fourth-order valence-electron chi connectivity index (χ4n) is 1.92. The van der Waals surface area contributed by atoms with E-state index in [4.69, 9.17) is 4.52 Å². The van der Waals surface area contributed by atoms with Crippen molar-refractivity contribution in [1.82, 2.24) is 15.0 Å². The number of nitrogens with zero attached hydrogens (tertiary/aromatic N) is 3. The molecule has 0 aromatic carbocycles. The molecule has 0 saturated heterocycles. The maximum atomic E-state index is 5.26. The molecule has 80 valence electrons. The van der Waals surface area contributed by atoms with Gasteiger partial charge in [-0.25, -0.2) is 0 Å². The zero-order chi connectivity index (χ0) is 10.3. The SMILES string of the molecule is CN1CCC=C(c2noc(C3CC3)n2)C1. The van der Waals surface area contributed by atoms with Crippen LogP contribution >= 0.6 is 0 Å². The van der Waals surface area contributed by atoms with Crippen LogP contribution in [0.1, 0.15) is 36.9 Å². The first-order valence-corrected chi connectivity index (χ1v) is 5.54. The van der Waals surface area contributed by atoms with E-state index in [-0.39, 0.29) is 0 Å². The lowest BCUT2D eigenvalue weighted by Crippen LogP contribution is -2.25. The van der Waals surface area contributed by atoms with E-state index in [2.05, 4.69) is 28.2 Å². The van der Waals surface area contributed by atoms with E-state index in [9.17, 15) is 0 Å². The molecule has 0 unspecified atom stereocenters. The molecule has 15 heavy (non-hydrogen) atoms. The Hall–Kier alpha value is -1.16. The lowest BCUT2D eigenvalue weighted by molar-refractivity contribution is 0.365. The van der Waals surface area contributed by atoms with Crippen molar-refractivity contribution in [2.45, 2.75) is 25.2 Å². The summed E-state index contributed by atoms with van der Waals surface area (Å²) in [6.07, 6.45) is 5.72. The maximum absolute atomic E-state index is 5.26. The predicted octanol–water partition coefficient (Wildman–Crippen LogP) is 1.67. The van der Waals surface area contributed by atoms with Gasteiger partial charge in [-0.15, -0.1) is 0 Å². The normalized spacial score (nSPS) is 22.9. The highest BCUT2D eigenvalue weighted by molar-refractivity contribution is 5.61. The Kier molecular flexibility index (Phi) is 2.09. The summed E-state index contributed by atoms with van der Waals surface area (Å²) in [5, 5.41) is 4.05. The molecule has 0 spiro atoms. The molecule has 0 N–H and O–H groups in total. The quantitative estimate of drug-likeness (QED) is 0.736. The Bertz CT molecular complexity index is 392. The van der Waals surface area contributed by atoms with E-state index in [1.165, 1.54) is 18.4 Å². The van der Waals surface area contributed by atoms with Crippen LogP contribution in [0.3, 0.4) is 0 Å². The van der Waals surface area contributed by atoms with Gasteiger partial charge >= 0.3 is 0 Å². The van der Waals surface area contributed by atoms with Gasteiger partial charge in [-0.05, 0) is 26.3 Å². The standard InChI is InChI=1S/C11H15N3O/c1-14-6-2-3-9(7-14)10-12-11(15-13-10)8-4-5-8/h3,8H,2,4-7H2,1H3. The highest BCUT2D eigenvalue weighted by Crippen LogP contribution is 2.39. The van der Waals surface area contributed by atoms with E-state index >= 15 is 0 Å². The molecule has 1 saturated carbocycles. The molecule has 2 aliphatic rings. The minimum atomic E-state index is 0.549. The van der Waals surface area contributed by atoms with Crippen molar-refractivity contribution in [2.75, 3.05) is 20.1 Å². The topological polar surface area (TPSA) is 42.2 Å². The van der Waals surface area contributed by atoms with E-state index in [1.54, 1.807) is 0 Å². The van der Waals surface area contributed by atoms with Gasteiger partial charge in [-0.1, -0.05) is 11.2 Å². The zero-order valence-electron chi connectivity index (χ0n) is 8.94. The van der Waals surface area contributed by atoms with Gasteiger partial charge < -0.3 is 9.42 Å². The first-order valence-electron chi connectivity index (χ1n) is 5.54. The van der Waals surface area contributed by atoms with Crippen molar-refractivity contribution in [3.05, 3.63) is 17.8 Å². The highest BCUT2D eigenvalue weighted by Gasteiger charge is 2.30. The summed E-state index contributed by atoms with van der Waals surface area (Å²) >= 11 is 0. The molecule has 1 aliphatic carbocycles. The number of hydrogen-bond acceptors (Lipinski definition) is 4. The third kappa shape index (κ3) is 1.81. The summed E-state index contributed by atoms with van der Waals surface area (Å²) in [4.78, 5) is 6.74. The van der Waals surface area contributed by atoms with Gasteiger partial charge in [0.05, 0.1) is 0 Å². The monoisotopic (exact) mass is 205 g/mol. The third-order valence-corrected chi connectivity index (χ3v) is 3.00. The minimum absolute atomic E-state index is 0.549. The smallest absolute Gasteiger partial charge is 0.230 e. The molecule has 4 heteroatoms. The van der Waals surface area contributed by atoms with Crippen LogP contribution in [0.4, 0.5) is 0 Å². The van der Waals surface area contributed by atoms with E-state index < -0.39 is 0 Å². The number of aromatic nitrogens is 2. The minimum Gasteiger partial charge on any atom is -0.339 e. The van der Waals surface area contributed by atoms with E-state index in [1.807, 2.05) is 0 Å². The summed E-state index contributed by atoms with van der Waals surface area (Å²) in [5.41, 5.74) is 1.21. The average Bonchev–Trinajstić information content (AvgIpc) is 2.97. The summed E-state index contributed by atoms with van der Waals surface area (Å²) in [6, 6.07) is 0. The summed E-state index contributed by atoms with van der Waals surface area (Å²) in [5.74, 6) is 2.18. The van der Waals surface area contributed by atoms with Crippen LogP contribution in [-0.2, 0) is 0 Å². The Balaban J connectivity index is 1.82. The van der Waals surface area contributed by atoms with Gasteiger partial charge in [-0.3, -0.25) is 0 Å². The molecule has 0 amide bonds. The Morgan fingerprint density at radius 3 is 3.07 bits per heavy atom. The molecule has 1 aromatic rings. The summed E-state index contributed by atoms with van der Waals surface area (Å²) in [7, 11) is 2.12. The van der Waals surface area contributed by atoms with Crippen LogP contribution in [0.2, 0.25) is 0 Å². The van der Waals surface area contributed by atoms with E-state index in [0.29, 0.717) is 5.92 Å². The molecule has 0 radical (unpaired) electrons. The second-order valence-electron chi connectivity index (χ2n) is 4.49. The van der Waals surface area contributed by atoms with Crippen LogP contribution in [-0.4, -0.2) is 35.2 Å². The molecule has 2 heterocycles. The van der Waals surface area contributed by atoms with Crippen molar-refractivity contribution < 1.29 is 4.52 Å². The van der Waals surface area contributed by atoms with Gasteiger partial charge in [0.25, 0.3) is 0 Å². The molecule has 0 atom stereocenters. The van der Waals surface area contributed by atoms with Gasteiger partial charge in [0.1, 0.15) is 0 Å². The zero-order valence-corrected chi connectivity index (χ0v) is 8.94. The molecule has 1 aromatic heterocycles. The second-order valence-corrected chi connectivity index (χ2v) is 4.49. The van der Waals surface area contributed by atoms with Crippen LogP contribution < -0.4 is 0 Å². The number of likely N-dealkylation sites (N-methyl/N-ethyl adjacent to an activating group) is 1. The summed E-state index contributed by atoms with van der Waals surface area (Å²) in [6.45, 7) is 2.06. The van der Waals surface area contributed by atoms with Crippen LogP contribution in [0.5, 0.6) is 0 Å². The second kappa shape index (κ2) is 3.45. The first-order chi connectivity index (χ1) is 7.33. The number of hydrogen-bond donors (Lipinski definition) is 0. The third-order valence-electron chi connectivity index (χ3n) is 3.00. The highest BCUT2D eigenvalue weighted by atomic mass is 16.5. The van der Waals surface area contributed by atoms with Gasteiger partial charge in [0.2, 0.25) is 5.89 Å². The maximum Gasteiger partial charge on any atom is 0.230 e. The van der Waals surface area contributed by atoms with Gasteiger partial charge in [-0.2, -0.15) is 4.98 Å². The van der Waals surface area contributed by atoms with Crippen molar-refractivity contribution in [3.8, 4) is 0 Å². The van der Waals surface area contributed by atoms with Crippen LogP contribution in [0, 0.1) is 0 Å². The number of rotatable bonds is 2. The lowest BCUT2D eigenvalue weighted by Gasteiger charge is -2.20. The largest absolute Gasteiger partial charge is 0.339 e. The molecule has 1 aliphatic heterocycles. The molecular formula is C11H15N3O. The molecule has 3 rings (SSSR count). The average molecular weight is 205 g/mol. The fourth-order valence-corrected chi connectivity index (χ4v) is 1.92. The Labute approximate surface area is 89.0 Å². The summed E-state index contributed by atoms with van der Waals surface area (Å²) < 4.78 is 5.26. The van der Waals surface area contributed by atoms with E-state index in [0.717, 1.165) is 31.2 Å². The first kappa shape index (κ1) is 9.09.